The van der Waals surface area contributed by atoms with Crippen molar-refractivity contribution in [1.82, 2.24) is 0 Å². The Morgan fingerprint density at radius 3 is 2.46 bits per heavy atom. The standard InChI is InChI=1S/C34H33NO2/c1-5-28(17-18-29-16-15-25(2)23-26(29)3)27(4)36-21-22-37-34(35-33-13-7-6-8-14-33)32-20-19-30-11-9-10-12-31(30)24-32/h5-20,24-25H,1,3-4,21-23H2,2H3/b28-17+,29-18-,35-34?. The van der Waals surface area contributed by atoms with Gasteiger partial charge in [0.2, 0.25) is 5.90 Å². The molecule has 3 nitrogen and oxygen atoms in total. The van der Waals surface area contributed by atoms with Crippen molar-refractivity contribution in [3.05, 3.63) is 151 Å². The van der Waals surface area contributed by atoms with Crippen molar-refractivity contribution in [2.45, 2.75) is 13.3 Å². The van der Waals surface area contributed by atoms with Crippen molar-refractivity contribution in [2.75, 3.05) is 13.2 Å². The van der Waals surface area contributed by atoms with Crippen LogP contribution in [0.4, 0.5) is 5.69 Å². The lowest BCUT2D eigenvalue weighted by atomic mass is 9.89. The van der Waals surface area contributed by atoms with Gasteiger partial charge in [0.05, 0.1) is 5.69 Å². The van der Waals surface area contributed by atoms with Gasteiger partial charge in [-0.2, -0.15) is 0 Å². The van der Waals surface area contributed by atoms with Gasteiger partial charge in [-0.3, -0.25) is 0 Å². The number of nitrogens with zero attached hydrogens (tertiary/aromatic N) is 1. The number of para-hydroxylation sites is 1. The topological polar surface area (TPSA) is 30.8 Å². The molecule has 0 bridgehead atoms. The summed E-state index contributed by atoms with van der Waals surface area (Å²) in [4.78, 5) is 4.76. The molecule has 0 aromatic heterocycles. The van der Waals surface area contributed by atoms with E-state index in [1.165, 1.54) is 5.39 Å². The number of ether oxygens (including phenoxy) is 2. The second kappa shape index (κ2) is 12.5. The molecule has 1 unspecified atom stereocenters. The van der Waals surface area contributed by atoms with E-state index in [1.807, 2.05) is 60.7 Å². The molecule has 0 amide bonds. The van der Waals surface area contributed by atoms with E-state index < -0.39 is 0 Å². The maximum absolute atomic E-state index is 6.13. The summed E-state index contributed by atoms with van der Waals surface area (Å²) in [5.74, 6) is 1.62. The fourth-order valence-corrected chi connectivity index (χ4v) is 4.10. The summed E-state index contributed by atoms with van der Waals surface area (Å²) in [5, 5.41) is 2.30. The molecule has 0 saturated carbocycles. The zero-order chi connectivity index (χ0) is 26.0. The molecule has 1 aliphatic rings. The van der Waals surface area contributed by atoms with Gasteiger partial charge in [0.15, 0.2) is 0 Å². The van der Waals surface area contributed by atoms with Gasteiger partial charge in [0, 0.05) is 11.1 Å². The smallest absolute Gasteiger partial charge is 0.221 e. The van der Waals surface area contributed by atoms with E-state index in [2.05, 4.69) is 63.1 Å². The average Bonchev–Trinajstić information content (AvgIpc) is 2.92. The highest BCUT2D eigenvalue weighted by molar-refractivity contribution is 5.99. The first-order valence-electron chi connectivity index (χ1n) is 12.5. The van der Waals surface area contributed by atoms with Crippen LogP contribution in [0.5, 0.6) is 0 Å². The van der Waals surface area contributed by atoms with Crippen molar-refractivity contribution in [2.24, 2.45) is 10.9 Å². The molecule has 0 heterocycles. The van der Waals surface area contributed by atoms with Gasteiger partial charge in [-0.1, -0.05) is 106 Å². The molecule has 0 radical (unpaired) electrons. The maximum atomic E-state index is 6.13. The van der Waals surface area contributed by atoms with Crippen LogP contribution >= 0.6 is 0 Å². The molecule has 1 atom stereocenters. The van der Waals surface area contributed by atoms with E-state index in [1.54, 1.807) is 6.08 Å². The maximum Gasteiger partial charge on any atom is 0.221 e. The van der Waals surface area contributed by atoms with Gasteiger partial charge in [0.1, 0.15) is 19.0 Å². The number of hydrogen-bond acceptors (Lipinski definition) is 3. The largest absolute Gasteiger partial charge is 0.490 e. The highest BCUT2D eigenvalue weighted by Gasteiger charge is 2.10. The molecule has 0 N–H and O–H groups in total. The Morgan fingerprint density at radius 2 is 1.70 bits per heavy atom. The zero-order valence-corrected chi connectivity index (χ0v) is 21.4. The summed E-state index contributed by atoms with van der Waals surface area (Å²) < 4.78 is 12.0. The molecule has 186 valence electrons. The lowest BCUT2D eigenvalue weighted by molar-refractivity contribution is 0.157. The Bertz CT molecular complexity index is 1410. The van der Waals surface area contributed by atoms with Crippen molar-refractivity contribution in [1.29, 1.82) is 0 Å². The average molecular weight is 488 g/mol. The lowest BCUT2D eigenvalue weighted by Crippen LogP contribution is -2.12. The van der Waals surface area contributed by atoms with Crippen LogP contribution in [0.2, 0.25) is 0 Å². The van der Waals surface area contributed by atoms with E-state index >= 15 is 0 Å². The predicted octanol–water partition coefficient (Wildman–Crippen LogP) is 8.66. The van der Waals surface area contributed by atoms with Crippen LogP contribution in [0.1, 0.15) is 18.9 Å². The van der Waals surface area contributed by atoms with Gasteiger partial charge in [-0.05, 0) is 58.5 Å². The number of benzene rings is 3. The van der Waals surface area contributed by atoms with Gasteiger partial charge < -0.3 is 9.47 Å². The van der Waals surface area contributed by atoms with Crippen LogP contribution in [0.25, 0.3) is 10.8 Å². The summed E-state index contributed by atoms with van der Waals surface area (Å²) >= 11 is 0. The third-order valence-electron chi connectivity index (χ3n) is 6.15. The number of rotatable bonds is 9. The molecule has 0 saturated heterocycles. The molecular formula is C34H33NO2. The third-order valence-corrected chi connectivity index (χ3v) is 6.15. The van der Waals surface area contributed by atoms with Gasteiger partial charge >= 0.3 is 0 Å². The minimum absolute atomic E-state index is 0.320. The molecule has 3 aromatic carbocycles. The quantitative estimate of drug-likeness (QED) is 0.0994. The van der Waals surface area contributed by atoms with E-state index in [0.29, 0.717) is 30.8 Å². The molecule has 0 aliphatic heterocycles. The Kier molecular flexibility index (Phi) is 8.72. The number of aliphatic imine (C=N–C) groups is 1. The first-order valence-corrected chi connectivity index (χ1v) is 12.5. The minimum Gasteiger partial charge on any atom is -0.490 e. The predicted molar refractivity (Wildman–Crippen MR) is 156 cm³/mol. The second-order valence-corrected chi connectivity index (χ2v) is 9.03. The first-order chi connectivity index (χ1) is 18.0. The van der Waals surface area contributed by atoms with Crippen LogP contribution in [-0.4, -0.2) is 19.1 Å². The Balaban J connectivity index is 1.43. The zero-order valence-electron chi connectivity index (χ0n) is 21.4. The second-order valence-electron chi connectivity index (χ2n) is 9.03. The molecule has 4 rings (SSSR count). The fourth-order valence-electron chi connectivity index (χ4n) is 4.10. The van der Waals surface area contributed by atoms with Crippen molar-refractivity contribution >= 4 is 22.4 Å². The summed E-state index contributed by atoms with van der Waals surface area (Å²) in [5.41, 5.74) is 4.81. The van der Waals surface area contributed by atoms with Crippen LogP contribution in [0.15, 0.2) is 150 Å². The fraction of sp³-hybridized carbons (Fsp3) is 0.147. The lowest BCUT2D eigenvalue weighted by Gasteiger charge is -2.16. The molecule has 3 heteroatoms. The summed E-state index contributed by atoms with van der Waals surface area (Å²) in [6.07, 6.45) is 11.0. The van der Waals surface area contributed by atoms with Crippen LogP contribution in [0, 0.1) is 5.92 Å². The van der Waals surface area contributed by atoms with E-state index in [0.717, 1.165) is 39.8 Å². The first kappa shape index (κ1) is 25.7. The van der Waals surface area contributed by atoms with E-state index in [-0.39, 0.29) is 0 Å². The molecule has 1 aliphatic carbocycles. The summed E-state index contributed by atoms with van der Waals surface area (Å²) in [7, 11) is 0. The number of fused-ring (bicyclic) bond motifs is 1. The van der Waals surface area contributed by atoms with Crippen molar-refractivity contribution in [3.8, 4) is 0 Å². The van der Waals surface area contributed by atoms with Gasteiger partial charge in [-0.15, -0.1) is 0 Å². The van der Waals surface area contributed by atoms with Crippen LogP contribution in [-0.2, 0) is 9.47 Å². The summed E-state index contributed by atoms with van der Waals surface area (Å²) in [6, 6.07) is 24.2. The van der Waals surface area contributed by atoms with Crippen molar-refractivity contribution in [3.63, 3.8) is 0 Å². The Hall–Kier alpha value is -4.37. The number of allylic oxidation sites excluding steroid dienone is 7. The molecule has 0 spiro atoms. The number of hydrogen-bond donors (Lipinski definition) is 0. The third kappa shape index (κ3) is 7.08. The van der Waals surface area contributed by atoms with Gasteiger partial charge in [0.25, 0.3) is 0 Å². The molecular weight excluding hydrogens is 454 g/mol. The highest BCUT2D eigenvalue weighted by atomic mass is 16.5. The monoisotopic (exact) mass is 487 g/mol. The molecule has 3 aromatic rings. The van der Waals surface area contributed by atoms with Crippen molar-refractivity contribution < 1.29 is 9.47 Å². The van der Waals surface area contributed by atoms with Gasteiger partial charge in [-0.25, -0.2) is 4.99 Å². The van der Waals surface area contributed by atoms with E-state index in [9.17, 15) is 0 Å². The highest BCUT2D eigenvalue weighted by Crippen LogP contribution is 2.26. The normalized spacial score (nSPS) is 17.2. The summed E-state index contributed by atoms with van der Waals surface area (Å²) in [6.45, 7) is 15.0. The Labute approximate surface area is 220 Å². The van der Waals surface area contributed by atoms with Crippen LogP contribution < -0.4 is 0 Å². The molecule has 37 heavy (non-hydrogen) atoms. The Morgan fingerprint density at radius 1 is 0.973 bits per heavy atom. The minimum atomic E-state index is 0.320. The SMILES string of the molecule is C=C/C(=C\C=C1\C=CC(C)CC1=C)C(=C)OCCOC(=Nc1ccccc1)c1ccc2ccccc2c1. The molecule has 0 fully saturated rings. The van der Waals surface area contributed by atoms with E-state index in [4.69, 9.17) is 14.5 Å². The van der Waals surface area contributed by atoms with Crippen LogP contribution in [0.3, 0.4) is 0 Å².